The highest BCUT2D eigenvalue weighted by molar-refractivity contribution is 5.99. The quantitative estimate of drug-likeness (QED) is 0.497. The molecule has 2 aliphatic rings. The van der Waals surface area contributed by atoms with E-state index in [0.717, 1.165) is 12.0 Å². The molecule has 1 fully saturated rings. The first-order valence-corrected chi connectivity index (χ1v) is 7.94. The minimum Gasteiger partial charge on any atom is -0.469 e. The van der Waals surface area contributed by atoms with Crippen LogP contribution in [0.15, 0.2) is 48.5 Å². The Labute approximate surface area is 133 Å². The van der Waals surface area contributed by atoms with Crippen LogP contribution in [0.25, 0.3) is 21.5 Å². The predicted octanol–water partition coefficient (Wildman–Crippen LogP) is 4.30. The monoisotopic (exact) mass is 304 g/mol. The maximum Gasteiger partial charge on any atom is 0.311 e. The van der Waals surface area contributed by atoms with Gasteiger partial charge in [-0.3, -0.25) is 4.79 Å². The van der Waals surface area contributed by atoms with Gasteiger partial charge in [0.15, 0.2) is 0 Å². The van der Waals surface area contributed by atoms with Crippen LogP contribution in [0.5, 0.6) is 0 Å². The summed E-state index contributed by atoms with van der Waals surface area (Å²) in [5.41, 5.74) is 2.39. The standard InChI is InChI=1S/C20H16O3/c1-22-20(21)17-10-18-15-8-13-6-11-4-2-3-5-12(11)7-14(13)9-16(15)19(17)23-18/h2-9,17-19H,10H2,1H3. The van der Waals surface area contributed by atoms with Crippen molar-refractivity contribution in [2.24, 2.45) is 5.92 Å². The van der Waals surface area contributed by atoms with Gasteiger partial charge in [-0.05, 0) is 63.4 Å². The van der Waals surface area contributed by atoms with Crippen LogP contribution in [0.4, 0.5) is 0 Å². The van der Waals surface area contributed by atoms with Crippen LogP contribution in [-0.4, -0.2) is 13.1 Å². The number of esters is 1. The molecule has 5 rings (SSSR count). The first-order valence-electron chi connectivity index (χ1n) is 7.94. The molecule has 3 aromatic carbocycles. The molecule has 2 heterocycles. The second-order valence-corrected chi connectivity index (χ2v) is 6.44. The Hall–Kier alpha value is -2.39. The fourth-order valence-corrected chi connectivity index (χ4v) is 4.10. The number of fused-ring (bicyclic) bond motifs is 7. The van der Waals surface area contributed by atoms with E-state index >= 15 is 0 Å². The average molecular weight is 304 g/mol. The molecule has 0 saturated carbocycles. The summed E-state index contributed by atoms with van der Waals surface area (Å²) in [6, 6.07) is 17.2. The Bertz CT molecular complexity index is 960. The number of hydrogen-bond donors (Lipinski definition) is 0. The highest BCUT2D eigenvalue weighted by Crippen LogP contribution is 2.55. The summed E-state index contributed by atoms with van der Waals surface area (Å²) >= 11 is 0. The van der Waals surface area contributed by atoms with Gasteiger partial charge < -0.3 is 9.47 Å². The van der Waals surface area contributed by atoms with E-state index < -0.39 is 0 Å². The van der Waals surface area contributed by atoms with Gasteiger partial charge in [-0.2, -0.15) is 0 Å². The van der Waals surface area contributed by atoms with Gasteiger partial charge in [-0.15, -0.1) is 0 Å². The Morgan fingerprint density at radius 2 is 1.65 bits per heavy atom. The van der Waals surface area contributed by atoms with Crippen molar-refractivity contribution in [1.82, 2.24) is 0 Å². The van der Waals surface area contributed by atoms with Crippen LogP contribution < -0.4 is 0 Å². The molecule has 114 valence electrons. The lowest BCUT2D eigenvalue weighted by Gasteiger charge is -2.20. The third-order valence-corrected chi connectivity index (χ3v) is 5.21. The van der Waals surface area contributed by atoms with E-state index in [-0.39, 0.29) is 24.1 Å². The van der Waals surface area contributed by atoms with Gasteiger partial charge >= 0.3 is 5.97 Å². The van der Waals surface area contributed by atoms with E-state index in [4.69, 9.17) is 9.47 Å². The van der Waals surface area contributed by atoms with Crippen LogP contribution in [0.1, 0.15) is 29.8 Å². The highest BCUT2D eigenvalue weighted by atomic mass is 16.5. The number of rotatable bonds is 1. The van der Waals surface area contributed by atoms with Crippen molar-refractivity contribution >= 4 is 27.5 Å². The Morgan fingerprint density at radius 3 is 2.30 bits per heavy atom. The second kappa shape index (κ2) is 4.56. The van der Waals surface area contributed by atoms with Gasteiger partial charge in [0.25, 0.3) is 0 Å². The van der Waals surface area contributed by atoms with Crippen LogP contribution in [0.3, 0.4) is 0 Å². The third-order valence-electron chi connectivity index (χ3n) is 5.21. The number of hydrogen-bond acceptors (Lipinski definition) is 3. The van der Waals surface area contributed by atoms with E-state index in [0.29, 0.717) is 0 Å². The molecule has 0 radical (unpaired) electrons. The molecule has 3 unspecified atom stereocenters. The van der Waals surface area contributed by atoms with Crippen molar-refractivity contribution in [2.45, 2.75) is 18.6 Å². The van der Waals surface area contributed by atoms with E-state index in [2.05, 4.69) is 48.5 Å². The maximum absolute atomic E-state index is 11.9. The largest absolute Gasteiger partial charge is 0.469 e. The summed E-state index contributed by atoms with van der Waals surface area (Å²) in [4.78, 5) is 11.9. The maximum atomic E-state index is 11.9. The lowest BCUT2D eigenvalue weighted by Crippen LogP contribution is -2.21. The zero-order valence-electron chi connectivity index (χ0n) is 12.8. The highest BCUT2D eigenvalue weighted by Gasteiger charge is 2.48. The number of methoxy groups -OCH3 is 1. The average Bonchev–Trinajstić information content (AvgIpc) is 3.16. The van der Waals surface area contributed by atoms with Crippen LogP contribution >= 0.6 is 0 Å². The lowest BCUT2D eigenvalue weighted by atomic mass is 9.82. The van der Waals surface area contributed by atoms with Crippen LogP contribution in [0.2, 0.25) is 0 Å². The Balaban J connectivity index is 1.70. The van der Waals surface area contributed by atoms with Crippen molar-refractivity contribution in [3.8, 4) is 0 Å². The van der Waals surface area contributed by atoms with Crippen molar-refractivity contribution in [1.29, 1.82) is 0 Å². The summed E-state index contributed by atoms with van der Waals surface area (Å²) in [6.07, 6.45) is 0.594. The first kappa shape index (κ1) is 13.1. The minimum absolute atomic E-state index is 0.0231. The Kier molecular flexibility index (Phi) is 2.59. The minimum atomic E-state index is -0.171. The molecular weight excluding hydrogens is 288 g/mol. The van der Waals surface area contributed by atoms with Gasteiger partial charge in [0, 0.05) is 0 Å². The second-order valence-electron chi connectivity index (χ2n) is 6.44. The van der Waals surface area contributed by atoms with Crippen LogP contribution in [-0.2, 0) is 14.3 Å². The number of carbonyl (C=O) groups is 1. The molecule has 23 heavy (non-hydrogen) atoms. The van der Waals surface area contributed by atoms with E-state index in [9.17, 15) is 4.79 Å². The van der Waals surface area contributed by atoms with E-state index in [1.54, 1.807) is 0 Å². The molecule has 1 saturated heterocycles. The fraction of sp³-hybridized carbons (Fsp3) is 0.250. The molecule has 3 atom stereocenters. The summed E-state index contributed by atoms with van der Waals surface area (Å²) in [6.45, 7) is 0. The Morgan fingerprint density at radius 1 is 1.00 bits per heavy atom. The van der Waals surface area contributed by atoms with Gasteiger partial charge in [0.2, 0.25) is 0 Å². The van der Waals surface area contributed by atoms with Crippen molar-refractivity contribution < 1.29 is 14.3 Å². The lowest BCUT2D eigenvalue weighted by molar-refractivity contribution is -0.147. The topological polar surface area (TPSA) is 35.5 Å². The van der Waals surface area contributed by atoms with Crippen molar-refractivity contribution in [3.05, 3.63) is 59.7 Å². The molecule has 3 aromatic rings. The summed E-state index contributed by atoms with van der Waals surface area (Å²) < 4.78 is 11.0. The SMILES string of the molecule is COC(=O)C1CC2OC1c1cc3cc4ccccc4cc3cc12. The van der Waals surface area contributed by atoms with Crippen molar-refractivity contribution in [2.75, 3.05) is 7.11 Å². The molecule has 0 amide bonds. The zero-order chi connectivity index (χ0) is 15.6. The van der Waals surface area contributed by atoms with Crippen molar-refractivity contribution in [3.63, 3.8) is 0 Å². The van der Waals surface area contributed by atoms with Gasteiger partial charge in [-0.25, -0.2) is 0 Å². The third kappa shape index (κ3) is 1.77. The summed E-state index contributed by atoms with van der Waals surface area (Å²) in [7, 11) is 1.45. The molecule has 2 bridgehead atoms. The molecule has 2 aliphatic heterocycles. The first-order chi connectivity index (χ1) is 11.2. The number of ether oxygens (including phenoxy) is 2. The van der Waals surface area contributed by atoms with Gasteiger partial charge in [-0.1, -0.05) is 24.3 Å². The molecule has 0 aromatic heterocycles. The van der Waals surface area contributed by atoms with E-state index in [1.165, 1.54) is 34.2 Å². The summed E-state index contributed by atoms with van der Waals surface area (Å²) in [5, 5.41) is 4.90. The smallest absolute Gasteiger partial charge is 0.311 e. The van der Waals surface area contributed by atoms with Gasteiger partial charge in [0.05, 0.1) is 25.2 Å². The number of carbonyl (C=O) groups excluding carboxylic acids is 1. The predicted molar refractivity (Wildman–Crippen MR) is 88.1 cm³/mol. The van der Waals surface area contributed by atoms with Crippen LogP contribution in [0, 0.1) is 5.92 Å². The molecule has 0 aliphatic carbocycles. The fourth-order valence-electron chi connectivity index (χ4n) is 4.10. The number of benzene rings is 3. The molecule has 0 N–H and O–H groups in total. The molecular formula is C20H16O3. The molecule has 3 heteroatoms. The molecule has 0 spiro atoms. The summed E-state index contributed by atoms with van der Waals surface area (Å²) in [5.74, 6) is -0.336. The normalized spacial score (nSPS) is 25.0. The van der Waals surface area contributed by atoms with Gasteiger partial charge in [0.1, 0.15) is 0 Å². The van der Waals surface area contributed by atoms with E-state index in [1.807, 2.05) is 0 Å². The molecule has 3 nitrogen and oxygen atoms in total. The zero-order valence-corrected chi connectivity index (χ0v) is 12.8.